The van der Waals surface area contributed by atoms with Gasteiger partial charge >= 0.3 is 6.18 Å². The van der Waals surface area contributed by atoms with Crippen LogP contribution in [-0.4, -0.2) is 14.5 Å². The highest BCUT2D eigenvalue weighted by Crippen LogP contribution is 2.35. The third-order valence-electron chi connectivity index (χ3n) is 3.99. The van der Waals surface area contributed by atoms with Gasteiger partial charge in [0.2, 0.25) is 0 Å². The number of hydrogen-bond acceptors (Lipinski definition) is 2. The molecule has 4 nitrogen and oxygen atoms in total. The Balaban J connectivity index is 2.34. The summed E-state index contributed by atoms with van der Waals surface area (Å²) >= 11 is 0. The van der Waals surface area contributed by atoms with E-state index in [0.29, 0.717) is 22.8 Å². The van der Waals surface area contributed by atoms with Gasteiger partial charge in [0.1, 0.15) is 18.1 Å². The van der Waals surface area contributed by atoms with Gasteiger partial charge in [0.15, 0.2) is 0 Å². The summed E-state index contributed by atoms with van der Waals surface area (Å²) in [5.41, 5.74) is 1.60. The molecule has 0 aliphatic carbocycles. The maximum absolute atomic E-state index is 13.4. The van der Waals surface area contributed by atoms with Gasteiger partial charge in [-0.3, -0.25) is 0 Å². The zero-order valence-corrected chi connectivity index (χ0v) is 13.5. The number of aromatic nitrogens is 4. The Labute approximate surface area is 137 Å². The van der Waals surface area contributed by atoms with Gasteiger partial charge in [-0.2, -0.15) is 13.2 Å². The maximum atomic E-state index is 13.4. The molecular weight excluding hydrogens is 317 g/mol. The molecule has 0 saturated carbocycles. The normalized spacial score (nSPS) is 11.8. The third-order valence-corrected chi connectivity index (χ3v) is 3.99. The molecule has 0 atom stereocenters. The Hall–Kier alpha value is -2.70. The van der Waals surface area contributed by atoms with E-state index >= 15 is 0 Å². The van der Waals surface area contributed by atoms with Crippen LogP contribution in [0.3, 0.4) is 0 Å². The summed E-state index contributed by atoms with van der Waals surface area (Å²) in [4.78, 5) is 8.18. The summed E-state index contributed by atoms with van der Waals surface area (Å²) < 4.78 is 43.5. The van der Waals surface area contributed by atoms with Crippen molar-refractivity contribution in [2.75, 3.05) is 0 Å². The number of hydrogen-bond donors (Lipinski definition) is 0. The van der Waals surface area contributed by atoms with Crippen LogP contribution >= 0.6 is 0 Å². The lowest BCUT2D eigenvalue weighted by Crippen LogP contribution is -2.36. The second kappa shape index (κ2) is 5.74. The van der Waals surface area contributed by atoms with Crippen LogP contribution in [-0.2, 0) is 13.2 Å². The highest BCUT2D eigenvalue weighted by molar-refractivity contribution is 5.68. The topological polar surface area (TPSA) is 34.6 Å². The van der Waals surface area contributed by atoms with Crippen molar-refractivity contribution in [2.24, 2.45) is 7.05 Å². The van der Waals surface area contributed by atoms with Crippen LogP contribution < -0.4 is 4.57 Å². The molecule has 0 amide bonds. The van der Waals surface area contributed by atoms with E-state index < -0.39 is 11.7 Å². The third kappa shape index (κ3) is 2.77. The number of halogens is 3. The lowest BCUT2D eigenvalue weighted by molar-refractivity contribution is -0.606. The molecule has 3 rings (SSSR count). The molecule has 0 unspecified atom stereocenters. The molecule has 2 aromatic heterocycles. The van der Waals surface area contributed by atoms with Crippen molar-refractivity contribution in [3.8, 4) is 16.9 Å². The molecule has 0 radical (unpaired) electrons. The molecular formula is C17H16F3N4+. The van der Waals surface area contributed by atoms with Crippen LogP contribution in [0.1, 0.15) is 17.0 Å². The van der Waals surface area contributed by atoms with E-state index in [2.05, 4.69) is 9.97 Å². The highest BCUT2D eigenvalue weighted by atomic mass is 19.4. The number of aryl methyl sites for hydroxylation is 2. The van der Waals surface area contributed by atoms with Crippen LogP contribution in [0.4, 0.5) is 13.2 Å². The first-order valence-corrected chi connectivity index (χ1v) is 7.31. The Morgan fingerprint density at radius 1 is 1.17 bits per heavy atom. The molecule has 24 heavy (non-hydrogen) atoms. The lowest BCUT2D eigenvalue weighted by Gasteiger charge is -2.15. The lowest BCUT2D eigenvalue weighted by atomic mass is 9.99. The molecule has 0 N–H and O–H groups in total. The van der Waals surface area contributed by atoms with E-state index in [1.807, 2.05) is 0 Å². The first-order valence-electron chi connectivity index (χ1n) is 7.31. The second-order valence-corrected chi connectivity index (χ2v) is 5.59. The average Bonchev–Trinajstić information content (AvgIpc) is 2.93. The fourth-order valence-corrected chi connectivity index (χ4v) is 2.70. The van der Waals surface area contributed by atoms with Crippen LogP contribution in [0, 0.1) is 13.8 Å². The molecule has 0 fully saturated rings. The summed E-state index contributed by atoms with van der Waals surface area (Å²) in [6.07, 6.45) is 2.01. The minimum absolute atomic E-state index is 0.451. The minimum Gasteiger partial charge on any atom is -0.334 e. The van der Waals surface area contributed by atoms with Crippen molar-refractivity contribution in [1.82, 2.24) is 14.5 Å². The summed E-state index contributed by atoms with van der Waals surface area (Å²) in [5.74, 6) is 0.607. The molecule has 1 aromatic carbocycles. The van der Waals surface area contributed by atoms with Gasteiger partial charge in [-0.05, 0) is 19.1 Å². The van der Waals surface area contributed by atoms with Gasteiger partial charge in [0.25, 0.3) is 5.82 Å². The largest absolute Gasteiger partial charge is 0.416 e. The Bertz CT molecular complexity index is 897. The molecule has 124 valence electrons. The summed E-state index contributed by atoms with van der Waals surface area (Å²) in [6, 6.07) is 4.02. The minimum atomic E-state index is -4.44. The van der Waals surface area contributed by atoms with Crippen molar-refractivity contribution >= 4 is 0 Å². The fraction of sp³-hybridized carbons (Fsp3) is 0.235. The molecule has 7 heteroatoms. The van der Waals surface area contributed by atoms with E-state index in [0.717, 1.165) is 11.6 Å². The monoisotopic (exact) mass is 333 g/mol. The van der Waals surface area contributed by atoms with Crippen LogP contribution in [0.2, 0.25) is 0 Å². The SMILES string of the molecule is Cc1c(-c2cncn2C)cc(C(F)(F)F)cc1-[n+]1cccnc1C. The molecule has 0 aliphatic heterocycles. The molecule has 3 aromatic rings. The van der Waals surface area contributed by atoms with E-state index in [1.54, 1.807) is 61.0 Å². The maximum Gasteiger partial charge on any atom is 0.416 e. The van der Waals surface area contributed by atoms with E-state index in [1.165, 1.54) is 6.07 Å². The Morgan fingerprint density at radius 3 is 2.50 bits per heavy atom. The predicted molar refractivity (Wildman–Crippen MR) is 82.4 cm³/mol. The first-order chi connectivity index (χ1) is 11.3. The fourth-order valence-electron chi connectivity index (χ4n) is 2.70. The summed E-state index contributed by atoms with van der Waals surface area (Å²) in [7, 11) is 1.75. The Kier molecular flexibility index (Phi) is 3.87. The summed E-state index contributed by atoms with van der Waals surface area (Å²) in [6.45, 7) is 3.56. The van der Waals surface area contributed by atoms with Crippen molar-refractivity contribution in [2.45, 2.75) is 20.0 Å². The quantitative estimate of drug-likeness (QED) is 0.674. The second-order valence-electron chi connectivity index (χ2n) is 5.59. The number of nitrogens with zero attached hydrogens (tertiary/aromatic N) is 4. The van der Waals surface area contributed by atoms with Gasteiger partial charge in [0, 0.05) is 31.2 Å². The van der Waals surface area contributed by atoms with Gasteiger partial charge < -0.3 is 4.57 Å². The van der Waals surface area contributed by atoms with E-state index in [-0.39, 0.29) is 0 Å². The standard InChI is InChI=1S/C17H16F3N4/c1-11-14(16-9-21-10-23(16)3)7-13(17(18,19)20)8-15(11)24-6-4-5-22-12(24)2/h4-10H,1-3H3/q+1. The number of alkyl halides is 3. The number of imidazole rings is 1. The van der Waals surface area contributed by atoms with Crippen molar-refractivity contribution in [1.29, 1.82) is 0 Å². The highest BCUT2D eigenvalue weighted by Gasteiger charge is 2.33. The van der Waals surface area contributed by atoms with Gasteiger partial charge in [0.05, 0.1) is 23.8 Å². The predicted octanol–water partition coefficient (Wildman–Crippen LogP) is 3.39. The molecule has 0 saturated heterocycles. The van der Waals surface area contributed by atoms with Crippen LogP contribution in [0.5, 0.6) is 0 Å². The average molecular weight is 333 g/mol. The van der Waals surface area contributed by atoms with Gasteiger partial charge in [-0.15, -0.1) is 0 Å². The smallest absolute Gasteiger partial charge is 0.334 e. The van der Waals surface area contributed by atoms with Gasteiger partial charge in [-0.1, -0.05) is 4.98 Å². The van der Waals surface area contributed by atoms with Crippen molar-refractivity contribution in [3.05, 3.63) is 60.1 Å². The summed E-state index contributed by atoms with van der Waals surface area (Å²) in [5, 5.41) is 0. The number of benzene rings is 1. The number of rotatable bonds is 2. The Morgan fingerprint density at radius 2 is 1.92 bits per heavy atom. The van der Waals surface area contributed by atoms with Crippen LogP contribution in [0.25, 0.3) is 16.9 Å². The molecule has 0 spiro atoms. The molecule has 0 aliphatic rings. The molecule has 2 heterocycles. The van der Waals surface area contributed by atoms with E-state index in [4.69, 9.17) is 0 Å². The van der Waals surface area contributed by atoms with Crippen molar-refractivity contribution < 1.29 is 17.7 Å². The zero-order chi connectivity index (χ0) is 17.5. The first kappa shape index (κ1) is 16.2. The molecule has 0 bridgehead atoms. The van der Waals surface area contributed by atoms with Gasteiger partial charge in [-0.25, -0.2) is 9.55 Å². The van der Waals surface area contributed by atoms with Crippen LogP contribution in [0.15, 0.2) is 43.1 Å². The van der Waals surface area contributed by atoms with E-state index in [9.17, 15) is 13.2 Å². The van der Waals surface area contributed by atoms with Crippen molar-refractivity contribution in [3.63, 3.8) is 0 Å². The zero-order valence-electron chi connectivity index (χ0n) is 13.5.